The second-order valence-corrected chi connectivity index (χ2v) is 3.75. The smallest absolute Gasteiger partial charge is 0.277 e. The maximum Gasteiger partial charge on any atom is 0.277 e. The first-order valence-corrected chi connectivity index (χ1v) is 4.95. The van der Waals surface area contributed by atoms with Gasteiger partial charge in [-0.2, -0.15) is 0 Å². The monoisotopic (exact) mass is 216 g/mol. The molecule has 0 unspecified atom stereocenters. The average Bonchev–Trinajstić information content (AvgIpc) is 2.47. The Morgan fingerprint density at radius 3 is 2.56 bits per heavy atom. The van der Waals surface area contributed by atoms with E-state index in [1.165, 1.54) is 13.1 Å². The number of hydrogen-bond donors (Lipinski definition) is 1. The van der Waals surface area contributed by atoms with Crippen molar-refractivity contribution in [2.24, 2.45) is 0 Å². The highest BCUT2D eigenvalue weighted by atomic mass is 16.2. The summed E-state index contributed by atoms with van der Waals surface area (Å²) in [5.41, 5.74) is 2.22. The fourth-order valence-electron chi connectivity index (χ4n) is 1.53. The third kappa shape index (κ3) is 1.82. The number of rotatable bonds is 2. The average molecular weight is 216 g/mol. The number of carbonyl (C=O) groups excluding carboxylic acids is 2. The van der Waals surface area contributed by atoms with Gasteiger partial charge in [-0.1, -0.05) is 12.1 Å². The van der Waals surface area contributed by atoms with Crippen LogP contribution in [0.3, 0.4) is 0 Å². The van der Waals surface area contributed by atoms with Gasteiger partial charge in [-0.05, 0) is 24.6 Å². The first-order valence-electron chi connectivity index (χ1n) is 4.95. The molecular formula is C12H12N2O2. The summed E-state index contributed by atoms with van der Waals surface area (Å²) in [5.74, 6) is -0.591. The molecule has 0 aromatic heterocycles. The molecule has 0 saturated carbocycles. The van der Waals surface area contributed by atoms with Crippen LogP contribution < -0.4 is 5.32 Å². The zero-order valence-corrected chi connectivity index (χ0v) is 9.15. The van der Waals surface area contributed by atoms with Gasteiger partial charge in [0.25, 0.3) is 11.8 Å². The SMILES string of the molecule is Cc1cccc(NC2=CC(=O)N(C)C2=O)c1. The number of anilines is 1. The molecule has 0 atom stereocenters. The van der Waals surface area contributed by atoms with Crippen LogP contribution in [-0.4, -0.2) is 23.8 Å². The second-order valence-electron chi connectivity index (χ2n) is 3.75. The third-order valence-electron chi connectivity index (χ3n) is 2.43. The number of hydrogen-bond acceptors (Lipinski definition) is 3. The van der Waals surface area contributed by atoms with Gasteiger partial charge >= 0.3 is 0 Å². The first-order chi connectivity index (χ1) is 7.58. The van der Waals surface area contributed by atoms with Crippen molar-refractivity contribution in [2.45, 2.75) is 6.92 Å². The molecule has 0 spiro atoms. The Morgan fingerprint density at radius 1 is 1.25 bits per heavy atom. The number of likely N-dealkylation sites (N-methyl/N-ethyl adjacent to an activating group) is 1. The quantitative estimate of drug-likeness (QED) is 0.758. The van der Waals surface area contributed by atoms with Crippen molar-refractivity contribution in [1.82, 2.24) is 4.90 Å². The zero-order valence-electron chi connectivity index (χ0n) is 9.15. The zero-order chi connectivity index (χ0) is 11.7. The van der Waals surface area contributed by atoms with Crippen LogP contribution in [0, 0.1) is 6.92 Å². The van der Waals surface area contributed by atoms with Crippen molar-refractivity contribution in [3.8, 4) is 0 Å². The van der Waals surface area contributed by atoms with Crippen molar-refractivity contribution < 1.29 is 9.59 Å². The van der Waals surface area contributed by atoms with Gasteiger partial charge in [0.1, 0.15) is 5.70 Å². The van der Waals surface area contributed by atoms with Gasteiger partial charge < -0.3 is 5.32 Å². The third-order valence-corrected chi connectivity index (χ3v) is 2.43. The van der Waals surface area contributed by atoms with E-state index in [4.69, 9.17) is 0 Å². The van der Waals surface area contributed by atoms with Crippen LogP contribution in [0.4, 0.5) is 5.69 Å². The lowest BCUT2D eigenvalue weighted by Gasteiger charge is -2.09. The summed E-state index contributed by atoms with van der Waals surface area (Å²) in [4.78, 5) is 23.9. The summed E-state index contributed by atoms with van der Waals surface area (Å²) >= 11 is 0. The van der Waals surface area contributed by atoms with Crippen LogP contribution >= 0.6 is 0 Å². The highest BCUT2D eigenvalue weighted by Gasteiger charge is 2.27. The number of aryl methyl sites for hydroxylation is 1. The predicted octanol–water partition coefficient (Wildman–Crippen LogP) is 1.29. The van der Waals surface area contributed by atoms with Crippen LogP contribution in [0.2, 0.25) is 0 Å². The van der Waals surface area contributed by atoms with Crippen LogP contribution in [0.25, 0.3) is 0 Å². The standard InChI is InChI=1S/C12H12N2O2/c1-8-4-3-5-9(6-8)13-10-7-11(15)14(2)12(10)16/h3-7,13H,1-2H3. The molecular weight excluding hydrogens is 204 g/mol. The van der Waals surface area contributed by atoms with Gasteiger partial charge in [-0.25, -0.2) is 0 Å². The number of amides is 2. The maximum absolute atomic E-state index is 11.6. The number of nitrogens with one attached hydrogen (secondary N) is 1. The van der Waals surface area contributed by atoms with E-state index >= 15 is 0 Å². The number of carbonyl (C=O) groups is 2. The molecule has 4 nitrogen and oxygen atoms in total. The maximum atomic E-state index is 11.6. The summed E-state index contributed by atoms with van der Waals surface area (Å²) in [6, 6.07) is 7.62. The summed E-state index contributed by atoms with van der Waals surface area (Å²) in [6.07, 6.45) is 1.31. The molecule has 1 aromatic rings. The Bertz CT molecular complexity index is 492. The highest BCUT2D eigenvalue weighted by Crippen LogP contribution is 2.16. The minimum atomic E-state index is -0.300. The number of nitrogens with zero attached hydrogens (tertiary/aromatic N) is 1. The van der Waals surface area contributed by atoms with E-state index in [2.05, 4.69) is 5.32 Å². The molecule has 1 aliphatic rings. The fraction of sp³-hybridized carbons (Fsp3) is 0.167. The molecule has 0 aliphatic carbocycles. The van der Waals surface area contributed by atoms with E-state index in [1.54, 1.807) is 0 Å². The van der Waals surface area contributed by atoms with Crippen molar-refractivity contribution in [3.63, 3.8) is 0 Å². The summed E-state index contributed by atoms with van der Waals surface area (Å²) in [6.45, 7) is 1.97. The molecule has 4 heteroatoms. The molecule has 1 N–H and O–H groups in total. The number of benzene rings is 1. The van der Waals surface area contributed by atoms with E-state index in [1.807, 2.05) is 31.2 Å². The Labute approximate surface area is 93.6 Å². The molecule has 1 aliphatic heterocycles. The van der Waals surface area contributed by atoms with Crippen LogP contribution in [0.5, 0.6) is 0 Å². The van der Waals surface area contributed by atoms with Gasteiger partial charge in [0.2, 0.25) is 0 Å². The minimum Gasteiger partial charge on any atom is -0.351 e. The molecule has 2 amide bonds. The van der Waals surface area contributed by atoms with E-state index in [0.717, 1.165) is 16.2 Å². The predicted molar refractivity (Wildman–Crippen MR) is 60.7 cm³/mol. The van der Waals surface area contributed by atoms with Gasteiger partial charge in [-0.15, -0.1) is 0 Å². The van der Waals surface area contributed by atoms with Crippen molar-refractivity contribution in [1.29, 1.82) is 0 Å². The minimum absolute atomic E-state index is 0.292. The summed E-state index contributed by atoms with van der Waals surface area (Å²) in [5, 5.41) is 2.94. The summed E-state index contributed by atoms with van der Waals surface area (Å²) in [7, 11) is 1.46. The van der Waals surface area contributed by atoms with E-state index in [0.29, 0.717) is 5.70 Å². The molecule has 16 heavy (non-hydrogen) atoms. The lowest BCUT2D eigenvalue weighted by Crippen LogP contribution is -2.27. The summed E-state index contributed by atoms with van der Waals surface area (Å²) < 4.78 is 0. The Balaban J connectivity index is 2.21. The van der Waals surface area contributed by atoms with Gasteiger partial charge in [0, 0.05) is 18.8 Å². The molecule has 0 saturated heterocycles. The van der Waals surface area contributed by atoms with Crippen LogP contribution in [0.15, 0.2) is 36.0 Å². The van der Waals surface area contributed by atoms with Crippen molar-refractivity contribution >= 4 is 17.5 Å². The lowest BCUT2D eigenvalue weighted by molar-refractivity contribution is -0.135. The normalized spacial score (nSPS) is 15.4. The molecule has 0 fully saturated rings. The van der Waals surface area contributed by atoms with Gasteiger partial charge in [0.05, 0.1) is 0 Å². The number of imide groups is 1. The fourth-order valence-corrected chi connectivity index (χ4v) is 1.53. The van der Waals surface area contributed by atoms with Gasteiger partial charge in [0.15, 0.2) is 0 Å². The molecule has 1 aromatic carbocycles. The molecule has 0 radical (unpaired) electrons. The Morgan fingerprint density at radius 2 is 2.00 bits per heavy atom. The van der Waals surface area contributed by atoms with Crippen LogP contribution in [0.1, 0.15) is 5.56 Å². The van der Waals surface area contributed by atoms with E-state index < -0.39 is 0 Å². The van der Waals surface area contributed by atoms with E-state index in [9.17, 15) is 9.59 Å². The van der Waals surface area contributed by atoms with Gasteiger partial charge in [-0.3, -0.25) is 14.5 Å². The molecule has 82 valence electrons. The molecule has 0 bridgehead atoms. The first kappa shape index (κ1) is 10.4. The lowest BCUT2D eigenvalue weighted by atomic mass is 10.2. The van der Waals surface area contributed by atoms with Crippen molar-refractivity contribution in [2.75, 3.05) is 12.4 Å². The van der Waals surface area contributed by atoms with Crippen molar-refractivity contribution in [3.05, 3.63) is 41.6 Å². The van der Waals surface area contributed by atoms with Crippen LogP contribution in [-0.2, 0) is 9.59 Å². The Kier molecular flexibility index (Phi) is 2.48. The van der Waals surface area contributed by atoms with E-state index in [-0.39, 0.29) is 11.8 Å². The molecule has 2 rings (SSSR count). The highest BCUT2D eigenvalue weighted by molar-refractivity contribution is 6.17. The Hall–Kier alpha value is -2.10. The molecule has 1 heterocycles. The largest absolute Gasteiger partial charge is 0.351 e. The topological polar surface area (TPSA) is 49.4 Å². The second kappa shape index (κ2) is 3.81.